The van der Waals surface area contributed by atoms with Crippen LogP contribution in [0, 0.1) is 5.41 Å². The molecule has 1 saturated heterocycles. The van der Waals surface area contributed by atoms with Gasteiger partial charge in [0.15, 0.2) is 12.5 Å². The van der Waals surface area contributed by atoms with E-state index in [0.717, 1.165) is 67.5 Å². The zero-order chi connectivity index (χ0) is 28.6. The number of thiophene rings is 1. The summed E-state index contributed by atoms with van der Waals surface area (Å²) in [6.07, 6.45) is 7.42. The maximum Gasteiger partial charge on any atom is 0.335 e. The smallest absolute Gasteiger partial charge is 0.335 e. The van der Waals surface area contributed by atoms with Gasteiger partial charge in [-0.3, -0.25) is 9.69 Å². The van der Waals surface area contributed by atoms with Crippen molar-refractivity contribution < 1.29 is 19.4 Å². The molecule has 2 N–H and O–H groups in total. The molecular weight excluding hydrogens is 536 g/mol. The van der Waals surface area contributed by atoms with E-state index >= 15 is 0 Å². The molecule has 9 heteroatoms. The van der Waals surface area contributed by atoms with Crippen LogP contribution in [0.5, 0.6) is 5.75 Å². The Labute approximate surface area is 243 Å². The van der Waals surface area contributed by atoms with Crippen LogP contribution < -0.4 is 9.64 Å². The molecule has 212 valence electrons. The number of H-pyrrole nitrogens is 1. The fraction of sp³-hybridized carbons (Fsp3) is 0.344. The van der Waals surface area contributed by atoms with Gasteiger partial charge in [0.05, 0.1) is 18.3 Å². The van der Waals surface area contributed by atoms with Crippen molar-refractivity contribution in [2.45, 2.75) is 39.3 Å². The summed E-state index contributed by atoms with van der Waals surface area (Å²) in [6.45, 7) is 7.76. The number of hydrogen-bond donors (Lipinski definition) is 2. The number of benzene rings is 1. The topological polar surface area (TPSA) is 98.8 Å². The Morgan fingerprint density at radius 1 is 1.22 bits per heavy atom. The van der Waals surface area contributed by atoms with Crippen LogP contribution in [-0.2, 0) is 0 Å². The predicted molar refractivity (Wildman–Crippen MR) is 162 cm³/mol. The lowest BCUT2D eigenvalue weighted by Crippen LogP contribution is -2.56. The third-order valence-electron chi connectivity index (χ3n) is 8.17. The summed E-state index contributed by atoms with van der Waals surface area (Å²) in [5, 5.41) is 12.3. The first-order valence-corrected chi connectivity index (χ1v) is 14.8. The van der Waals surface area contributed by atoms with Crippen LogP contribution in [0.3, 0.4) is 0 Å². The van der Waals surface area contributed by atoms with Crippen molar-refractivity contribution in [3.63, 3.8) is 0 Å². The quantitative estimate of drug-likeness (QED) is 0.239. The number of aromatic nitrogens is 2. The molecule has 1 fully saturated rings. The monoisotopic (exact) mass is 570 g/mol. The number of aromatic amines is 1. The number of ether oxygens (including phenoxy) is 1. The Morgan fingerprint density at radius 3 is 2.80 bits per heavy atom. The van der Waals surface area contributed by atoms with Gasteiger partial charge in [-0.25, -0.2) is 9.78 Å². The lowest BCUT2D eigenvalue weighted by Gasteiger charge is -2.43. The Balaban J connectivity index is 1.28. The first-order chi connectivity index (χ1) is 19.8. The minimum atomic E-state index is -0.939. The summed E-state index contributed by atoms with van der Waals surface area (Å²) in [6, 6.07) is 13.0. The average Bonchev–Trinajstić information content (AvgIpc) is 3.64. The predicted octanol–water partition coefficient (Wildman–Crippen LogP) is 6.33. The Bertz CT molecular complexity index is 1600. The summed E-state index contributed by atoms with van der Waals surface area (Å²) < 4.78 is 6.60. The molecule has 1 atom stereocenters. The molecule has 41 heavy (non-hydrogen) atoms. The first-order valence-electron chi connectivity index (χ1n) is 14.0. The van der Waals surface area contributed by atoms with Crippen LogP contribution in [-0.4, -0.2) is 64.6 Å². The third-order valence-corrected chi connectivity index (χ3v) is 9.17. The van der Waals surface area contributed by atoms with Crippen LogP contribution in [0.25, 0.3) is 16.6 Å². The van der Waals surface area contributed by atoms with Gasteiger partial charge in [0.2, 0.25) is 0 Å². The summed E-state index contributed by atoms with van der Waals surface area (Å²) in [4.78, 5) is 36.3. The highest BCUT2D eigenvalue weighted by Crippen LogP contribution is 2.44. The second kappa shape index (κ2) is 11.1. The van der Waals surface area contributed by atoms with Gasteiger partial charge in [0, 0.05) is 52.7 Å². The normalized spacial score (nSPS) is 19.5. The number of rotatable bonds is 8. The molecule has 3 aromatic heterocycles. The van der Waals surface area contributed by atoms with Crippen LogP contribution in [0.2, 0.25) is 0 Å². The van der Waals surface area contributed by atoms with Gasteiger partial charge in [0.25, 0.3) is 0 Å². The van der Waals surface area contributed by atoms with Gasteiger partial charge in [-0.1, -0.05) is 19.4 Å². The third kappa shape index (κ3) is 5.92. The van der Waals surface area contributed by atoms with E-state index in [1.165, 1.54) is 16.0 Å². The van der Waals surface area contributed by atoms with Gasteiger partial charge in [-0.2, -0.15) is 0 Å². The van der Waals surface area contributed by atoms with Gasteiger partial charge in [0.1, 0.15) is 11.4 Å². The lowest BCUT2D eigenvalue weighted by atomic mass is 9.73. The molecule has 0 saturated carbocycles. The number of nitrogens with zero attached hydrogens (tertiary/aromatic N) is 3. The van der Waals surface area contributed by atoms with E-state index in [1.54, 1.807) is 29.7 Å². The van der Waals surface area contributed by atoms with Gasteiger partial charge < -0.3 is 19.7 Å². The van der Waals surface area contributed by atoms with Crippen molar-refractivity contribution in [3.8, 4) is 5.75 Å². The summed E-state index contributed by atoms with van der Waals surface area (Å²) >= 11 is 1.66. The Morgan fingerprint density at radius 2 is 2.05 bits per heavy atom. The minimum absolute atomic E-state index is 0.223. The standard InChI is InChI=1S/C32H34N4O4S/c1-32(2)9-7-24(27(15-32)28-13-21(19-37)20-41-28)17-35-11-12-36(25-5-3-22(4-6-25)31(38)39)29(18-35)40-26-14-23-8-10-33-30(23)34-16-26/h3-6,8,10,13-14,16,19-20,29H,7,9,11-12,15,17-18H2,1-2H3,(H,33,34)(H,38,39). The van der Waals surface area contributed by atoms with E-state index in [4.69, 9.17) is 4.74 Å². The van der Waals surface area contributed by atoms with Crippen LogP contribution in [0.1, 0.15) is 58.7 Å². The van der Waals surface area contributed by atoms with Crippen molar-refractivity contribution in [1.29, 1.82) is 0 Å². The van der Waals surface area contributed by atoms with E-state index in [-0.39, 0.29) is 17.2 Å². The van der Waals surface area contributed by atoms with E-state index in [0.29, 0.717) is 12.3 Å². The van der Waals surface area contributed by atoms with Crippen LogP contribution in [0.15, 0.2) is 65.8 Å². The second-order valence-electron chi connectivity index (χ2n) is 11.7. The van der Waals surface area contributed by atoms with Gasteiger partial charge in [-0.05, 0) is 72.7 Å². The SMILES string of the molecule is CC1(C)CCC(CN2CCN(c3ccc(C(=O)O)cc3)C(Oc3cnc4[nH]ccc4c3)C2)=C(c2cc(C=O)cs2)C1. The molecule has 4 heterocycles. The number of allylic oxidation sites excluding steroid dienone is 1. The number of hydrogen-bond acceptors (Lipinski definition) is 7. The number of aldehydes is 1. The van der Waals surface area contributed by atoms with Crippen LogP contribution >= 0.6 is 11.3 Å². The number of carbonyl (C=O) groups excluding carboxylic acids is 1. The molecule has 0 spiro atoms. The molecule has 6 rings (SSSR count). The summed E-state index contributed by atoms with van der Waals surface area (Å²) in [5.74, 6) is -0.249. The number of piperazine rings is 1. The van der Waals surface area contributed by atoms with E-state index < -0.39 is 5.97 Å². The number of carboxylic acids is 1. The largest absolute Gasteiger partial charge is 0.478 e. The number of carbonyl (C=O) groups is 2. The molecule has 4 aromatic rings. The molecule has 0 radical (unpaired) electrons. The molecule has 1 unspecified atom stereocenters. The number of nitrogens with one attached hydrogen (secondary N) is 1. The van der Waals surface area contributed by atoms with Crippen LogP contribution in [0.4, 0.5) is 5.69 Å². The van der Waals surface area contributed by atoms with Crippen molar-refractivity contribution in [2.75, 3.05) is 31.1 Å². The molecule has 1 aliphatic heterocycles. The molecule has 1 aliphatic carbocycles. The highest BCUT2D eigenvalue weighted by atomic mass is 32.1. The maximum atomic E-state index is 11.4. The Kier molecular flexibility index (Phi) is 7.40. The molecule has 8 nitrogen and oxygen atoms in total. The summed E-state index contributed by atoms with van der Waals surface area (Å²) in [5.41, 5.74) is 5.79. The van der Waals surface area contributed by atoms with Crippen molar-refractivity contribution >= 4 is 45.9 Å². The zero-order valence-electron chi connectivity index (χ0n) is 23.3. The zero-order valence-corrected chi connectivity index (χ0v) is 24.1. The highest BCUT2D eigenvalue weighted by Gasteiger charge is 2.33. The van der Waals surface area contributed by atoms with E-state index in [2.05, 4.69) is 33.6 Å². The van der Waals surface area contributed by atoms with E-state index in [1.807, 2.05) is 41.9 Å². The molecular formula is C32H34N4O4S. The van der Waals surface area contributed by atoms with Crippen molar-refractivity contribution in [1.82, 2.24) is 14.9 Å². The van der Waals surface area contributed by atoms with E-state index in [9.17, 15) is 14.7 Å². The average molecular weight is 571 g/mol. The lowest BCUT2D eigenvalue weighted by molar-refractivity contribution is 0.0696. The van der Waals surface area contributed by atoms with Crippen molar-refractivity contribution in [3.05, 3.63) is 81.8 Å². The highest BCUT2D eigenvalue weighted by molar-refractivity contribution is 7.11. The number of pyridine rings is 1. The fourth-order valence-corrected chi connectivity index (χ4v) is 6.84. The van der Waals surface area contributed by atoms with Crippen molar-refractivity contribution in [2.24, 2.45) is 5.41 Å². The Hall–Kier alpha value is -3.95. The fourth-order valence-electron chi connectivity index (χ4n) is 5.89. The molecule has 0 bridgehead atoms. The van der Waals surface area contributed by atoms with Gasteiger partial charge in [-0.15, -0.1) is 11.3 Å². The number of anilines is 1. The second-order valence-corrected chi connectivity index (χ2v) is 12.6. The maximum absolute atomic E-state index is 11.4. The number of aromatic carboxylic acids is 1. The number of fused-ring (bicyclic) bond motifs is 1. The molecule has 2 aliphatic rings. The molecule has 1 aromatic carbocycles. The summed E-state index contributed by atoms with van der Waals surface area (Å²) in [7, 11) is 0. The minimum Gasteiger partial charge on any atom is -0.478 e. The number of carboxylic acid groups (broad SMARTS) is 1. The molecule has 0 amide bonds. The first kappa shape index (κ1) is 27.2. The van der Waals surface area contributed by atoms with Gasteiger partial charge >= 0.3 is 5.97 Å².